The van der Waals surface area contributed by atoms with E-state index in [9.17, 15) is 8.42 Å². The molecule has 0 aromatic heterocycles. The van der Waals surface area contributed by atoms with Crippen LogP contribution in [0.5, 0.6) is 0 Å². The van der Waals surface area contributed by atoms with Crippen LogP contribution in [0.4, 0.5) is 0 Å². The van der Waals surface area contributed by atoms with Crippen molar-refractivity contribution in [3.63, 3.8) is 0 Å². The first-order chi connectivity index (χ1) is 8.44. The molecule has 1 atom stereocenters. The second-order valence-corrected chi connectivity index (χ2v) is 7.56. The molecule has 0 aliphatic carbocycles. The van der Waals surface area contributed by atoms with E-state index in [1.54, 1.807) is 0 Å². The Labute approximate surface area is 118 Å². The molecule has 0 saturated carbocycles. The second kappa shape index (κ2) is 7.26. The first kappa shape index (κ1) is 15.7. The molecular formula is C13H20BrNO2S. The van der Waals surface area contributed by atoms with Crippen molar-refractivity contribution >= 4 is 25.8 Å². The molecule has 18 heavy (non-hydrogen) atoms. The summed E-state index contributed by atoms with van der Waals surface area (Å²) in [6.45, 7) is 3.74. The van der Waals surface area contributed by atoms with Crippen molar-refractivity contribution in [1.29, 1.82) is 0 Å². The number of hydrogen-bond donors (Lipinski definition) is 1. The fraction of sp³-hybridized carbons (Fsp3) is 0.538. The maximum absolute atomic E-state index is 11.3. The van der Waals surface area contributed by atoms with Gasteiger partial charge in [0.05, 0.1) is 5.75 Å². The molecule has 0 heterocycles. The zero-order valence-corrected chi connectivity index (χ0v) is 13.2. The Bertz CT molecular complexity index is 474. The summed E-state index contributed by atoms with van der Waals surface area (Å²) >= 11 is 3.53. The number of likely N-dealkylation sites (N-methyl/N-ethyl adjacent to an activating group) is 1. The summed E-state index contributed by atoms with van der Waals surface area (Å²) in [7, 11) is -2.91. The molecule has 0 bridgehead atoms. The van der Waals surface area contributed by atoms with Gasteiger partial charge in [-0.05, 0) is 30.5 Å². The lowest BCUT2D eigenvalue weighted by molar-refractivity contribution is 0.565. The zero-order valence-electron chi connectivity index (χ0n) is 10.8. The van der Waals surface area contributed by atoms with Crippen molar-refractivity contribution in [3.8, 4) is 0 Å². The molecule has 0 aliphatic rings. The molecule has 3 nitrogen and oxygen atoms in total. The number of nitrogens with one attached hydrogen (secondary N) is 1. The van der Waals surface area contributed by atoms with Crippen LogP contribution in [-0.2, 0) is 9.84 Å². The number of hydrogen-bond acceptors (Lipinski definition) is 3. The summed E-state index contributed by atoms with van der Waals surface area (Å²) < 4.78 is 23.6. The SMILES string of the molecule is CCNCC(CCS(C)(=O)=O)c1ccccc1Br. The Morgan fingerprint density at radius 1 is 1.33 bits per heavy atom. The smallest absolute Gasteiger partial charge is 0.147 e. The Hall–Kier alpha value is -0.390. The van der Waals surface area contributed by atoms with E-state index in [1.165, 1.54) is 11.8 Å². The van der Waals surface area contributed by atoms with Gasteiger partial charge in [-0.2, -0.15) is 0 Å². The third-order valence-electron chi connectivity index (χ3n) is 2.82. The molecule has 0 fully saturated rings. The predicted octanol–water partition coefficient (Wildman–Crippen LogP) is 2.58. The largest absolute Gasteiger partial charge is 0.316 e. The summed E-state index contributed by atoms with van der Waals surface area (Å²) in [5.74, 6) is 0.444. The Morgan fingerprint density at radius 3 is 2.56 bits per heavy atom. The van der Waals surface area contributed by atoms with Crippen LogP contribution in [0.1, 0.15) is 24.8 Å². The summed E-state index contributed by atoms with van der Waals surface area (Å²) in [6.07, 6.45) is 1.94. The van der Waals surface area contributed by atoms with Crippen LogP contribution in [0.25, 0.3) is 0 Å². The molecule has 1 unspecified atom stereocenters. The van der Waals surface area contributed by atoms with Gasteiger partial charge in [-0.15, -0.1) is 0 Å². The van der Waals surface area contributed by atoms with Gasteiger partial charge < -0.3 is 5.32 Å². The molecule has 0 aliphatic heterocycles. The molecule has 0 radical (unpaired) electrons. The number of sulfone groups is 1. The number of rotatable bonds is 7. The van der Waals surface area contributed by atoms with Crippen LogP contribution in [0.2, 0.25) is 0 Å². The summed E-state index contributed by atoms with van der Waals surface area (Å²) in [5.41, 5.74) is 1.17. The molecule has 0 amide bonds. The first-order valence-corrected chi connectivity index (χ1v) is 8.92. The minimum absolute atomic E-state index is 0.218. The van der Waals surface area contributed by atoms with Gasteiger partial charge in [-0.1, -0.05) is 41.1 Å². The monoisotopic (exact) mass is 333 g/mol. The second-order valence-electron chi connectivity index (χ2n) is 4.44. The Morgan fingerprint density at radius 2 is 2.00 bits per heavy atom. The summed E-state index contributed by atoms with van der Waals surface area (Å²) in [6, 6.07) is 8.00. The van der Waals surface area contributed by atoms with Gasteiger partial charge >= 0.3 is 0 Å². The molecular weight excluding hydrogens is 314 g/mol. The molecule has 1 N–H and O–H groups in total. The van der Waals surface area contributed by atoms with E-state index >= 15 is 0 Å². The third kappa shape index (κ3) is 5.50. The summed E-state index contributed by atoms with van der Waals surface area (Å²) in [5, 5.41) is 3.29. The first-order valence-electron chi connectivity index (χ1n) is 6.07. The minimum atomic E-state index is -2.91. The van der Waals surface area contributed by atoms with Crippen molar-refractivity contribution in [2.45, 2.75) is 19.3 Å². The van der Waals surface area contributed by atoms with Crippen molar-refractivity contribution in [1.82, 2.24) is 5.32 Å². The minimum Gasteiger partial charge on any atom is -0.316 e. The van der Waals surface area contributed by atoms with E-state index in [2.05, 4.69) is 21.2 Å². The fourth-order valence-electron chi connectivity index (χ4n) is 1.85. The van der Waals surface area contributed by atoms with E-state index in [4.69, 9.17) is 0 Å². The van der Waals surface area contributed by atoms with E-state index in [-0.39, 0.29) is 11.7 Å². The van der Waals surface area contributed by atoms with Crippen LogP contribution in [0.15, 0.2) is 28.7 Å². The third-order valence-corrected chi connectivity index (χ3v) is 4.52. The zero-order chi connectivity index (χ0) is 13.6. The topological polar surface area (TPSA) is 46.2 Å². The van der Waals surface area contributed by atoms with E-state index < -0.39 is 9.84 Å². The number of halogens is 1. The predicted molar refractivity (Wildman–Crippen MR) is 79.8 cm³/mol. The van der Waals surface area contributed by atoms with Crippen molar-refractivity contribution in [2.24, 2.45) is 0 Å². The molecule has 102 valence electrons. The average Bonchev–Trinajstić information content (AvgIpc) is 2.29. The highest BCUT2D eigenvalue weighted by Gasteiger charge is 2.16. The van der Waals surface area contributed by atoms with Gasteiger partial charge in [-0.25, -0.2) is 8.42 Å². The van der Waals surface area contributed by atoms with Crippen molar-refractivity contribution in [2.75, 3.05) is 25.1 Å². The van der Waals surface area contributed by atoms with Gasteiger partial charge in [-0.3, -0.25) is 0 Å². The lowest BCUT2D eigenvalue weighted by Crippen LogP contribution is -2.23. The van der Waals surface area contributed by atoms with Crippen LogP contribution in [0, 0.1) is 0 Å². The van der Waals surface area contributed by atoms with Gasteiger partial charge in [0.1, 0.15) is 9.84 Å². The van der Waals surface area contributed by atoms with Crippen LogP contribution in [-0.4, -0.2) is 33.5 Å². The van der Waals surface area contributed by atoms with Gasteiger partial charge in [0.25, 0.3) is 0 Å². The molecule has 1 rings (SSSR count). The molecule has 5 heteroatoms. The van der Waals surface area contributed by atoms with E-state index in [0.29, 0.717) is 6.42 Å². The average molecular weight is 334 g/mol. The normalized spacial score (nSPS) is 13.5. The highest BCUT2D eigenvalue weighted by Crippen LogP contribution is 2.27. The van der Waals surface area contributed by atoms with Crippen LogP contribution < -0.4 is 5.32 Å². The lowest BCUT2D eigenvalue weighted by atomic mass is 9.96. The quantitative estimate of drug-likeness (QED) is 0.834. The highest BCUT2D eigenvalue weighted by atomic mass is 79.9. The van der Waals surface area contributed by atoms with Crippen LogP contribution >= 0.6 is 15.9 Å². The lowest BCUT2D eigenvalue weighted by Gasteiger charge is -2.18. The summed E-state index contributed by atoms with van der Waals surface area (Å²) in [4.78, 5) is 0. The van der Waals surface area contributed by atoms with Gasteiger partial charge in [0.2, 0.25) is 0 Å². The molecule has 0 spiro atoms. The maximum atomic E-state index is 11.3. The van der Waals surface area contributed by atoms with Crippen molar-refractivity contribution < 1.29 is 8.42 Å². The van der Waals surface area contributed by atoms with Crippen molar-refractivity contribution in [3.05, 3.63) is 34.3 Å². The molecule has 0 saturated heterocycles. The van der Waals surface area contributed by atoms with Gasteiger partial charge in [0, 0.05) is 17.3 Å². The maximum Gasteiger partial charge on any atom is 0.147 e. The molecule has 1 aromatic carbocycles. The standard InChI is InChI=1S/C13H20BrNO2S/c1-3-15-10-11(8-9-18(2,16)17)12-6-4-5-7-13(12)14/h4-7,11,15H,3,8-10H2,1-2H3. The van der Waals surface area contributed by atoms with E-state index in [1.807, 2.05) is 31.2 Å². The van der Waals surface area contributed by atoms with Crippen LogP contribution in [0.3, 0.4) is 0 Å². The highest BCUT2D eigenvalue weighted by molar-refractivity contribution is 9.10. The van der Waals surface area contributed by atoms with E-state index in [0.717, 1.165) is 17.6 Å². The van der Waals surface area contributed by atoms with Gasteiger partial charge in [0.15, 0.2) is 0 Å². The number of benzene rings is 1. The fourth-order valence-corrected chi connectivity index (χ4v) is 3.17. The Kier molecular flexibility index (Phi) is 6.32. The Balaban J connectivity index is 2.81. The molecule has 1 aromatic rings.